The molecule has 1 aliphatic carbocycles. The van der Waals surface area contributed by atoms with Crippen molar-refractivity contribution in [2.45, 2.75) is 87.9 Å². The minimum absolute atomic E-state index is 0.0932. The number of hydrogen-bond donors (Lipinski definition) is 1. The van der Waals surface area contributed by atoms with Crippen molar-refractivity contribution in [2.24, 2.45) is 11.3 Å². The van der Waals surface area contributed by atoms with E-state index in [4.69, 9.17) is 0 Å². The van der Waals surface area contributed by atoms with Gasteiger partial charge >= 0.3 is 53.8 Å². The molecule has 1 unspecified atom stereocenters. The first-order valence-electron chi connectivity index (χ1n) is 11.3. The van der Waals surface area contributed by atoms with Crippen LogP contribution in [0.15, 0.2) is 0 Å². The monoisotopic (exact) mass is 662 g/mol. The van der Waals surface area contributed by atoms with Crippen molar-refractivity contribution in [3.63, 3.8) is 0 Å². The molecule has 0 aromatic carbocycles. The lowest BCUT2D eigenvalue weighted by Gasteiger charge is -2.42. The van der Waals surface area contributed by atoms with Crippen molar-refractivity contribution in [1.82, 2.24) is 0 Å². The molecule has 1 heterocycles. The summed E-state index contributed by atoms with van der Waals surface area (Å²) in [6.07, 6.45) is -5.28. The Morgan fingerprint density at radius 2 is 1.29 bits per heavy atom. The summed E-state index contributed by atoms with van der Waals surface area (Å²) in [7, 11) is 0. The second-order valence-corrected chi connectivity index (χ2v) is 11.6. The van der Waals surface area contributed by atoms with Crippen LogP contribution < -0.4 is 5.32 Å². The standard InChI is InChI=1S/C22H18F16N2OS/c1-15(2,3)8-4-5-9-10(7-39)12(42-11(9)6-8)40-14(41)17(27,28)19(31,32)21(35,36)22(37,38)20(33,34)18(29,30)16(25,26)13(23)24/h8,13H,4-6H2,1-3H3,(H,40,41). The number of carbonyl (C=O) groups is 1. The molecule has 1 atom stereocenters. The van der Waals surface area contributed by atoms with Gasteiger partial charge in [-0.3, -0.25) is 4.79 Å². The molecule has 0 spiro atoms. The molecule has 2 rings (SSSR count). The van der Waals surface area contributed by atoms with Gasteiger partial charge in [-0.25, -0.2) is 8.78 Å². The Labute approximate surface area is 229 Å². The average molecular weight is 662 g/mol. The van der Waals surface area contributed by atoms with Crippen molar-refractivity contribution >= 4 is 22.2 Å². The lowest BCUT2D eigenvalue weighted by atomic mass is 9.72. The van der Waals surface area contributed by atoms with Crippen LogP contribution in [0.25, 0.3) is 0 Å². The highest BCUT2D eigenvalue weighted by molar-refractivity contribution is 7.16. The van der Waals surface area contributed by atoms with E-state index in [1.54, 1.807) is 0 Å². The summed E-state index contributed by atoms with van der Waals surface area (Å²) in [5, 5.41) is 9.34. The molecule has 0 saturated carbocycles. The second-order valence-electron chi connectivity index (χ2n) is 10.4. The fourth-order valence-corrected chi connectivity index (χ4v) is 5.26. The molecule has 0 aliphatic heterocycles. The van der Waals surface area contributed by atoms with Gasteiger partial charge in [0.25, 0.3) is 0 Å². The molecule has 1 amide bonds. The Morgan fingerprint density at radius 3 is 1.71 bits per heavy atom. The molecule has 0 radical (unpaired) electrons. The number of alkyl halides is 16. The Hall–Kier alpha value is -2.46. The number of amides is 1. The van der Waals surface area contributed by atoms with Crippen LogP contribution >= 0.6 is 11.3 Å². The SMILES string of the molecule is CC(C)(C)C1CCc2c(sc(NC(=O)C(F)(F)C(F)(F)C(F)(F)C(F)(F)C(F)(F)C(F)(F)C(F)(F)C(F)F)c2C#N)C1. The average Bonchev–Trinajstić information content (AvgIpc) is 3.18. The van der Waals surface area contributed by atoms with E-state index in [2.05, 4.69) is 0 Å². The number of nitriles is 1. The maximum atomic E-state index is 14.3. The van der Waals surface area contributed by atoms with Gasteiger partial charge in [-0.2, -0.15) is 66.7 Å². The normalized spacial score (nSPS) is 18.1. The van der Waals surface area contributed by atoms with Crippen LogP contribution in [0.1, 0.15) is 43.2 Å². The largest absolute Gasteiger partial charge is 0.393 e. The van der Waals surface area contributed by atoms with Crippen LogP contribution in [0.4, 0.5) is 75.2 Å². The highest BCUT2D eigenvalue weighted by atomic mass is 32.1. The van der Waals surface area contributed by atoms with Gasteiger partial charge in [0.2, 0.25) is 0 Å². The highest BCUT2D eigenvalue weighted by Gasteiger charge is 2.94. The van der Waals surface area contributed by atoms with E-state index in [1.807, 2.05) is 20.8 Å². The van der Waals surface area contributed by atoms with E-state index >= 15 is 0 Å². The molecule has 1 aromatic heterocycles. The fourth-order valence-electron chi connectivity index (χ4n) is 3.99. The maximum Gasteiger partial charge on any atom is 0.393 e. The first-order chi connectivity index (χ1) is 18.5. The Balaban J connectivity index is 2.52. The molecular weight excluding hydrogens is 644 g/mol. The van der Waals surface area contributed by atoms with E-state index in [1.165, 1.54) is 6.07 Å². The number of anilines is 1. The zero-order valence-corrected chi connectivity index (χ0v) is 21.9. The summed E-state index contributed by atoms with van der Waals surface area (Å²) < 4.78 is 217. The van der Waals surface area contributed by atoms with Gasteiger partial charge in [0, 0.05) is 4.88 Å². The quantitative estimate of drug-likeness (QED) is 0.270. The van der Waals surface area contributed by atoms with Crippen LogP contribution in [-0.4, -0.2) is 53.8 Å². The first kappa shape index (κ1) is 35.7. The van der Waals surface area contributed by atoms with E-state index in [-0.39, 0.29) is 34.6 Å². The van der Waals surface area contributed by atoms with Crippen LogP contribution in [0, 0.1) is 22.7 Å². The van der Waals surface area contributed by atoms with Gasteiger partial charge in [0.1, 0.15) is 11.1 Å². The Kier molecular flexibility index (Phi) is 8.78. The van der Waals surface area contributed by atoms with Gasteiger partial charge in [0.15, 0.2) is 0 Å². The van der Waals surface area contributed by atoms with Crippen molar-refractivity contribution in [2.75, 3.05) is 5.32 Å². The van der Waals surface area contributed by atoms with Gasteiger partial charge in [0.05, 0.1) is 5.56 Å². The molecule has 0 bridgehead atoms. The number of nitrogens with zero attached hydrogens (tertiary/aromatic N) is 1. The summed E-state index contributed by atoms with van der Waals surface area (Å²) in [5.41, 5.74) is -0.804. The van der Waals surface area contributed by atoms with Crippen LogP contribution in [0.2, 0.25) is 0 Å². The van der Waals surface area contributed by atoms with Gasteiger partial charge in [-0.1, -0.05) is 20.8 Å². The zero-order valence-electron chi connectivity index (χ0n) is 21.1. The second kappa shape index (κ2) is 10.3. The number of fused-ring (bicyclic) bond motifs is 1. The number of hydrogen-bond acceptors (Lipinski definition) is 3. The maximum absolute atomic E-state index is 14.3. The predicted octanol–water partition coefficient (Wildman–Crippen LogP) is 8.42. The van der Waals surface area contributed by atoms with E-state index in [9.17, 15) is 80.3 Å². The number of carbonyl (C=O) groups excluding carboxylic acids is 1. The number of thiophene rings is 1. The van der Waals surface area contributed by atoms with Gasteiger partial charge in [-0.15, -0.1) is 11.3 Å². The fraction of sp³-hybridized carbons (Fsp3) is 0.727. The smallest absolute Gasteiger partial charge is 0.311 e. The third kappa shape index (κ3) is 4.96. The molecule has 42 heavy (non-hydrogen) atoms. The topological polar surface area (TPSA) is 52.9 Å². The zero-order chi connectivity index (χ0) is 33.3. The molecule has 20 heteroatoms. The van der Waals surface area contributed by atoms with Crippen molar-refractivity contribution < 1.29 is 75.0 Å². The van der Waals surface area contributed by atoms with E-state index < -0.39 is 64.4 Å². The third-order valence-corrected chi connectivity index (χ3v) is 7.95. The minimum Gasteiger partial charge on any atom is -0.311 e. The summed E-state index contributed by atoms with van der Waals surface area (Å²) in [6.45, 7) is 5.45. The lowest BCUT2D eigenvalue weighted by molar-refractivity contribution is -0.443. The highest BCUT2D eigenvalue weighted by Crippen LogP contribution is 2.63. The van der Waals surface area contributed by atoms with Crippen LogP contribution in [-0.2, 0) is 17.6 Å². The molecule has 3 nitrogen and oxygen atoms in total. The Bertz CT molecular complexity index is 1240. The summed E-state index contributed by atoms with van der Waals surface area (Å²) >= 11 is 0.346. The molecule has 1 aliphatic rings. The third-order valence-electron chi connectivity index (χ3n) is 6.78. The van der Waals surface area contributed by atoms with Gasteiger partial charge < -0.3 is 5.32 Å². The molecule has 0 saturated heterocycles. The Morgan fingerprint density at radius 1 is 0.833 bits per heavy atom. The van der Waals surface area contributed by atoms with Crippen molar-refractivity contribution in [1.29, 1.82) is 5.26 Å². The van der Waals surface area contributed by atoms with Crippen LogP contribution in [0.5, 0.6) is 0 Å². The number of nitrogens with one attached hydrogen (secondary N) is 1. The molecule has 1 N–H and O–H groups in total. The molecule has 240 valence electrons. The molecular formula is C22H18F16N2OS. The number of rotatable bonds is 9. The first-order valence-corrected chi connectivity index (χ1v) is 12.1. The van der Waals surface area contributed by atoms with Crippen molar-refractivity contribution in [3.8, 4) is 6.07 Å². The van der Waals surface area contributed by atoms with Crippen LogP contribution in [0.3, 0.4) is 0 Å². The van der Waals surface area contributed by atoms with E-state index in [0.29, 0.717) is 17.8 Å². The molecule has 1 aromatic rings. The summed E-state index contributed by atoms with van der Waals surface area (Å²) in [5.74, 6) is -60.3. The minimum atomic E-state index is -8.60. The molecule has 0 fully saturated rings. The van der Waals surface area contributed by atoms with Crippen molar-refractivity contribution in [3.05, 3.63) is 16.0 Å². The van der Waals surface area contributed by atoms with E-state index in [0.717, 1.165) is 5.32 Å². The van der Waals surface area contributed by atoms with Gasteiger partial charge in [-0.05, 0) is 36.2 Å². The predicted molar refractivity (Wildman–Crippen MR) is 113 cm³/mol. The summed E-state index contributed by atoms with van der Waals surface area (Å²) in [4.78, 5) is 12.2. The lowest BCUT2D eigenvalue weighted by Crippen LogP contribution is -2.74. The number of halogens is 16. The summed E-state index contributed by atoms with van der Waals surface area (Å²) in [6, 6.07) is 1.45.